The van der Waals surface area contributed by atoms with Gasteiger partial charge in [-0.1, -0.05) is 11.8 Å². The third kappa shape index (κ3) is 1.85. The highest BCUT2D eigenvalue weighted by molar-refractivity contribution is 7.98. The first-order valence-corrected chi connectivity index (χ1v) is 5.63. The van der Waals surface area contributed by atoms with Crippen LogP contribution in [0.1, 0.15) is 10.4 Å². The van der Waals surface area contributed by atoms with Gasteiger partial charge < -0.3 is 9.15 Å². The van der Waals surface area contributed by atoms with Crippen molar-refractivity contribution in [3.05, 3.63) is 29.8 Å². The van der Waals surface area contributed by atoms with E-state index in [0.717, 1.165) is 16.1 Å². The van der Waals surface area contributed by atoms with E-state index in [9.17, 15) is 4.79 Å². The molecule has 2 rings (SSSR count). The summed E-state index contributed by atoms with van der Waals surface area (Å²) in [5, 5.41) is 1.76. The maximum Gasteiger partial charge on any atom is 0.337 e. The van der Waals surface area contributed by atoms with Gasteiger partial charge in [0, 0.05) is 5.39 Å². The van der Waals surface area contributed by atoms with E-state index >= 15 is 0 Å². The van der Waals surface area contributed by atoms with Gasteiger partial charge in [0.1, 0.15) is 5.58 Å². The lowest BCUT2D eigenvalue weighted by Gasteiger charge is -1.97. The van der Waals surface area contributed by atoms with Crippen molar-refractivity contribution in [1.29, 1.82) is 0 Å². The normalized spacial score (nSPS) is 10.5. The highest BCUT2D eigenvalue weighted by Crippen LogP contribution is 2.26. The summed E-state index contributed by atoms with van der Waals surface area (Å²) in [4.78, 5) is 11.3. The van der Waals surface area contributed by atoms with Crippen LogP contribution < -0.4 is 0 Å². The Hall–Kier alpha value is -1.42. The van der Waals surface area contributed by atoms with Crippen molar-refractivity contribution < 1.29 is 13.9 Å². The second-order valence-corrected chi connectivity index (χ2v) is 3.82. The van der Waals surface area contributed by atoms with Crippen LogP contribution in [-0.4, -0.2) is 19.3 Å². The van der Waals surface area contributed by atoms with Crippen molar-refractivity contribution in [3.8, 4) is 0 Å². The van der Waals surface area contributed by atoms with Gasteiger partial charge in [-0.25, -0.2) is 4.79 Å². The van der Waals surface area contributed by atoms with Gasteiger partial charge >= 0.3 is 5.97 Å². The van der Waals surface area contributed by atoms with Crippen molar-refractivity contribution in [2.24, 2.45) is 0 Å². The molecule has 0 fully saturated rings. The number of fused-ring (bicyclic) bond motifs is 1. The fraction of sp³-hybridized carbons (Fsp3) is 0.182. The van der Waals surface area contributed by atoms with Crippen molar-refractivity contribution in [1.82, 2.24) is 0 Å². The van der Waals surface area contributed by atoms with Crippen molar-refractivity contribution in [2.75, 3.05) is 13.4 Å². The highest BCUT2D eigenvalue weighted by Gasteiger charge is 2.08. The number of hydrogen-bond acceptors (Lipinski definition) is 4. The number of benzene rings is 1. The van der Waals surface area contributed by atoms with Gasteiger partial charge in [-0.2, -0.15) is 0 Å². The minimum atomic E-state index is -0.330. The molecule has 0 N–H and O–H groups in total. The number of hydrogen-bond donors (Lipinski definition) is 0. The minimum Gasteiger partial charge on any atom is -0.465 e. The maximum atomic E-state index is 11.3. The molecular formula is C11H10O3S. The van der Waals surface area contributed by atoms with Crippen LogP contribution in [0.25, 0.3) is 11.0 Å². The second-order valence-electron chi connectivity index (χ2n) is 3.01. The van der Waals surface area contributed by atoms with Crippen LogP contribution in [0.4, 0.5) is 0 Å². The summed E-state index contributed by atoms with van der Waals surface area (Å²) in [6.07, 6.45) is 1.94. The summed E-state index contributed by atoms with van der Waals surface area (Å²) < 4.78 is 10.1. The lowest BCUT2D eigenvalue weighted by Crippen LogP contribution is -1.99. The SMILES string of the molecule is COC(=O)c1ccc2oc(SC)cc2c1. The molecule has 15 heavy (non-hydrogen) atoms. The van der Waals surface area contributed by atoms with Gasteiger partial charge in [0.15, 0.2) is 5.09 Å². The zero-order valence-corrected chi connectivity index (χ0v) is 9.26. The monoisotopic (exact) mass is 222 g/mol. The van der Waals surface area contributed by atoms with Crippen molar-refractivity contribution in [3.63, 3.8) is 0 Å². The molecule has 0 amide bonds. The smallest absolute Gasteiger partial charge is 0.337 e. The Labute approximate surface area is 91.4 Å². The van der Waals surface area contributed by atoms with E-state index in [4.69, 9.17) is 4.42 Å². The molecule has 0 atom stereocenters. The molecule has 0 radical (unpaired) electrons. The Morgan fingerprint density at radius 1 is 1.40 bits per heavy atom. The molecule has 2 aromatic rings. The lowest BCUT2D eigenvalue weighted by molar-refractivity contribution is 0.0601. The van der Waals surface area contributed by atoms with Crippen LogP contribution in [0.15, 0.2) is 33.8 Å². The molecule has 0 bridgehead atoms. The van der Waals surface area contributed by atoms with Gasteiger partial charge in [-0.05, 0) is 30.5 Å². The molecule has 0 aliphatic heterocycles. The van der Waals surface area contributed by atoms with E-state index in [-0.39, 0.29) is 5.97 Å². The summed E-state index contributed by atoms with van der Waals surface area (Å²) in [6, 6.07) is 7.15. The van der Waals surface area contributed by atoms with Crippen LogP contribution in [0.5, 0.6) is 0 Å². The fourth-order valence-corrected chi connectivity index (χ4v) is 1.78. The maximum absolute atomic E-state index is 11.3. The first-order chi connectivity index (χ1) is 7.24. The number of furan rings is 1. The van der Waals surface area contributed by atoms with Gasteiger partial charge in [0.25, 0.3) is 0 Å². The molecule has 1 aromatic carbocycles. The van der Waals surface area contributed by atoms with Gasteiger partial charge in [-0.15, -0.1) is 0 Å². The van der Waals surface area contributed by atoms with Crippen molar-refractivity contribution >= 4 is 28.7 Å². The van der Waals surface area contributed by atoms with E-state index in [2.05, 4.69) is 4.74 Å². The summed E-state index contributed by atoms with van der Waals surface area (Å²) in [5.41, 5.74) is 1.32. The molecule has 0 unspecified atom stereocenters. The molecule has 0 aliphatic rings. The first-order valence-electron chi connectivity index (χ1n) is 4.40. The minimum absolute atomic E-state index is 0.330. The Bertz CT molecular complexity index is 502. The van der Waals surface area contributed by atoms with Gasteiger partial charge in [0.2, 0.25) is 0 Å². The number of carbonyl (C=O) groups excluding carboxylic acids is 1. The van der Waals surface area contributed by atoms with Gasteiger partial charge in [-0.3, -0.25) is 0 Å². The Morgan fingerprint density at radius 2 is 2.20 bits per heavy atom. The molecule has 78 valence electrons. The number of esters is 1. The standard InChI is InChI=1S/C11H10O3S/c1-13-11(12)7-3-4-9-8(5-7)6-10(14-9)15-2/h3-6H,1-2H3. The lowest BCUT2D eigenvalue weighted by atomic mass is 10.2. The van der Waals surface area contributed by atoms with Crippen LogP contribution in [0.2, 0.25) is 0 Å². The number of methoxy groups -OCH3 is 1. The van der Waals surface area contributed by atoms with E-state index in [1.165, 1.54) is 18.9 Å². The number of ether oxygens (including phenoxy) is 1. The zero-order chi connectivity index (χ0) is 10.8. The Kier molecular flexibility index (Phi) is 2.68. The molecule has 0 spiro atoms. The van der Waals surface area contributed by atoms with Crippen LogP contribution in [-0.2, 0) is 4.74 Å². The van der Waals surface area contributed by atoms with Crippen molar-refractivity contribution in [2.45, 2.75) is 5.09 Å². The molecule has 0 aliphatic carbocycles. The molecule has 0 saturated carbocycles. The molecular weight excluding hydrogens is 212 g/mol. The van der Waals surface area contributed by atoms with E-state index < -0.39 is 0 Å². The zero-order valence-electron chi connectivity index (χ0n) is 8.44. The third-order valence-electron chi connectivity index (χ3n) is 2.12. The molecule has 0 saturated heterocycles. The summed E-state index contributed by atoms with van der Waals surface area (Å²) in [7, 11) is 1.37. The molecule has 1 aromatic heterocycles. The quantitative estimate of drug-likeness (QED) is 0.578. The predicted octanol–water partition coefficient (Wildman–Crippen LogP) is 2.94. The number of rotatable bonds is 2. The first kappa shape index (κ1) is 10.1. The second kappa shape index (κ2) is 3.98. The van der Waals surface area contributed by atoms with Crippen LogP contribution in [0, 0.1) is 0 Å². The number of carbonyl (C=O) groups is 1. The molecule has 1 heterocycles. The number of thioether (sulfide) groups is 1. The van der Waals surface area contributed by atoms with Gasteiger partial charge in [0.05, 0.1) is 12.7 Å². The van der Waals surface area contributed by atoms with E-state index in [1.807, 2.05) is 12.3 Å². The average molecular weight is 222 g/mol. The van der Waals surface area contributed by atoms with E-state index in [1.54, 1.807) is 18.2 Å². The van der Waals surface area contributed by atoms with Crippen LogP contribution >= 0.6 is 11.8 Å². The topological polar surface area (TPSA) is 39.4 Å². The van der Waals surface area contributed by atoms with Crippen LogP contribution in [0.3, 0.4) is 0 Å². The summed E-state index contributed by atoms with van der Waals surface area (Å²) >= 11 is 1.53. The van der Waals surface area contributed by atoms with E-state index in [0.29, 0.717) is 5.56 Å². The summed E-state index contributed by atoms with van der Waals surface area (Å²) in [6.45, 7) is 0. The molecule has 3 nitrogen and oxygen atoms in total. The largest absolute Gasteiger partial charge is 0.465 e. The Balaban J connectivity index is 2.50. The fourth-order valence-electron chi connectivity index (χ4n) is 1.36. The molecule has 4 heteroatoms. The third-order valence-corrected chi connectivity index (χ3v) is 2.72. The average Bonchev–Trinajstić information content (AvgIpc) is 2.69. The summed E-state index contributed by atoms with van der Waals surface area (Å²) in [5.74, 6) is -0.330. The Morgan fingerprint density at radius 3 is 2.87 bits per heavy atom. The predicted molar refractivity (Wildman–Crippen MR) is 59.3 cm³/mol. The highest BCUT2D eigenvalue weighted by atomic mass is 32.2.